The van der Waals surface area contributed by atoms with Gasteiger partial charge < -0.3 is 9.72 Å². The van der Waals surface area contributed by atoms with Gasteiger partial charge in [-0.1, -0.05) is 32.1 Å². The minimum atomic E-state index is 0.349. The Hall–Kier alpha value is -1.27. The number of pyridine rings is 1. The molecule has 0 saturated heterocycles. The van der Waals surface area contributed by atoms with Crippen molar-refractivity contribution in [3.63, 3.8) is 0 Å². The molecule has 0 aliphatic rings. The van der Waals surface area contributed by atoms with Gasteiger partial charge >= 0.3 is 0 Å². The lowest BCUT2D eigenvalue weighted by molar-refractivity contribution is 0.397. The van der Waals surface area contributed by atoms with E-state index in [4.69, 9.17) is 17.0 Å². The highest BCUT2D eigenvalue weighted by Crippen LogP contribution is 2.23. The number of rotatable bonds is 4. The van der Waals surface area contributed by atoms with Gasteiger partial charge in [0.1, 0.15) is 10.5 Å². The number of ether oxygens (including phenoxy) is 1. The molecule has 2 rings (SSSR count). The largest absolute Gasteiger partial charge is 0.481 e. The molecular formula is C14H16BrN3OS. The molecular weight excluding hydrogens is 338 g/mol. The summed E-state index contributed by atoms with van der Waals surface area (Å²) in [6, 6.07) is 3.81. The van der Waals surface area contributed by atoms with Crippen molar-refractivity contribution in [1.29, 1.82) is 0 Å². The Morgan fingerprint density at radius 2 is 2.15 bits per heavy atom. The second-order valence-electron chi connectivity index (χ2n) is 4.76. The average Bonchev–Trinajstić information content (AvgIpc) is 2.43. The van der Waals surface area contributed by atoms with E-state index in [-0.39, 0.29) is 0 Å². The van der Waals surface area contributed by atoms with Gasteiger partial charge in [-0.25, -0.2) is 9.97 Å². The summed E-state index contributed by atoms with van der Waals surface area (Å²) in [6.45, 7) is 4.23. The summed E-state index contributed by atoms with van der Waals surface area (Å²) in [5.41, 5.74) is 2.13. The van der Waals surface area contributed by atoms with Gasteiger partial charge in [-0.15, -0.1) is 0 Å². The number of hydrogen-bond acceptors (Lipinski definition) is 4. The van der Waals surface area contributed by atoms with Gasteiger partial charge in [0.15, 0.2) is 0 Å². The van der Waals surface area contributed by atoms with Crippen LogP contribution < -0.4 is 4.74 Å². The molecule has 106 valence electrons. The zero-order valence-electron chi connectivity index (χ0n) is 11.6. The number of aromatic amines is 1. The molecule has 0 amide bonds. The molecule has 0 aliphatic carbocycles. The number of aromatic nitrogens is 3. The monoisotopic (exact) mass is 353 g/mol. The molecule has 0 aliphatic heterocycles. The van der Waals surface area contributed by atoms with Gasteiger partial charge in [0.2, 0.25) is 5.88 Å². The predicted molar refractivity (Wildman–Crippen MR) is 84.8 cm³/mol. The quantitative estimate of drug-likeness (QED) is 0.843. The Kier molecular flexibility index (Phi) is 4.88. The zero-order chi connectivity index (χ0) is 14.7. The van der Waals surface area contributed by atoms with Crippen LogP contribution in [-0.2, 0) is 6.42 Å². The van der Waals surface area contributed by atoms with Gasteiger partial charge in [0.25, 0.3) is 0 Å². The highest BCUT2D eigenvalue weighted by Gasteiger charge is 2.10. The van der Waals surface area contributed by atoms with Crippen LogP contribution in [-0.4, -0.2) is 22.1 Å². The van der Waals surface area contributed by atoms with E-state index >= 15 is 0 Å². The Morgan fingerprint density at radius 1 is 1.40 bits per heavy atom. The zero-order valence-corrected chi connectivity index (χ0v) is 14.0. The molecule has 6 heteroatoms. The maximum absolute atomic E-state index is 5.29. The molecule has 0 unspecified atom stereocenters. The van der Waals surface area contributed by atoms with E-state index in [1.54, 1.807) is 13.3 Å². The first kappa shape index (κ1) is 15.1. The van der Waals surface area contributed by atoms with E-state index < -0.39 is 0 Å². The van der Waals surface area contributed by atoms with E-state index in [0.717, 1.165) is 21.6 Å². The van der Waals surface area contributed by atoms with Crippen LogP contribution in [0, 0.1) is 4.64 Å². The van der Waals surface area contributed by atoms with Crippen LogP contribution >= 0.6 is 28.1 Å². The Labute approximate surface area is 131 Å². The number of halogens is 1. The molecule has 0 aromatic carbocycles. The third kappa shape index (κ3) is 3.43. The van der Waals surface area contributed by atoms with Gasteiger partial charge in [0, 0.05) is 24.4 Å². The van der Waals surface area contributed by atoms with Gasteiger partial charge in [-0.05, 0) is 27.4 Å². The van der Waals surface area contributed by atoms with Crippen molar-refractivity contribution in [2.75, 3.05) is 7.11 Å². The number of nitrogens with zero attached hydrogens (tertiary/aromatic N) is 2. The predicted octanol–water partition coefficient (Wildman–Crippen LogP) is 4.02. The van der Waals surface area contributed by atoms with Crippen LogP contribution in [0.3, 0.4) is 0 Å². The summed E-state index contributed by atoms with van der Waals surface area (Å²) in [5, 5.41) is 0. The molecule has 20 heavy (non-hydrogen) atoms. The highest BCUT2D eigenvalue weighted by molar-refractivity contribution is 9.10. The average molecular weight is 354 g/mol. The number of H-pyrrole nitrogens is 1. The summed E-state index contributed by atoms with van der Waals surface area (Å²) in [4.78, 5) is 11.9. The molecule has 4 nitrogen and oxygen atoms in total. The van der Waals surface area contributed by atoms with E-state index in [2.05, 4.69) is 44.7 Å². The second-order valence-corrected chi connectivity index (χ2v) is 5.94. The van der Waals surface area contributed by atoms with E-state index in [0.29, 0.717) is 22.9 Å². The fourth-order valence-corrected chi connectivity index (χ4v) is 2.70. The van der Waals surface area contributed by atoms with Gasteiger partial charge in [-0.3, -0.25) is 0 Å². The Morgan fingerprint density at radius 3 is 2.70 bits per heavy atom. The Bertz CT molecular complexity index is 652. The van der Waals surface area contributed by atoms with Crippen molar-refractivity contribution in [2.45, 2.75) is 26.2 Å². The van der Waals surface area contributed by atoms with Gasteiger partial charge in [0.05, 0.1) is 11.6 Å². The molecule has 0 bridgehead atoms. The van der Waals surface area contributed by atoms with Crippen LogP contribution in [0.25, 0.3) is 0 Å². The molecule has 2 heterocycles. The third-order valence-electron chi connectivity index (χ3n) is 2.90. The van der Waals surface area contributed by atoms with E-state index in [9.17, 15) is 0 Å². The summed E-state index contributed by atoms with van der Waals surface area (Å²) >= 11 is 8.78. The van der Waals surface area contributed by atoms with Crippen molar-refractivity contribution in [3.8, 4) is 5.88 Å². The second kappa shape index (κ2) is 6.45. The van der Waals surface area contributed by atoms with E-state index in [1.807, 2.05) is 12.1 Å². The standard InChI is InChI=1S/C14H16BrN3OS/c1-8(2)13-12(15)14(20)18-10(17-13)6-9-4-5-11(19-3)16-7-9/h4-5,7-8H,6H2,1-3H3,(H,17,18,20). The number of nitrogens with one attached hydrogen (secondary N) is 1. The lowest BCUT2D eigenvalue weighted by Crippen LogP contribution is -2.04. The van der Waals surface area contributed by atoms with Crippen molar-refractivity contribution in [1.82, 2.24) is 15.0 Å². The fourth-order valence-electron chi connectivity index (χ4n) is 1.84. The molecule has 2 aromatic rings. The molecule has 0 fully saturated rings. The maximum atomic E-state index is 5.29. The minimum absolute atomic E-state index is 0.349. The van der Waals surface area contributed by atoms with Crippen molar-refractivity contribution >= 4 is 28.1 Å². The van der Waals surface area contributed by atoms with Crippen LogP contribution in [0.2, 0.25) is 0 Å². The van der Waals surface area contributed by atoms with Crippen molar-refractivity contribution in [2.24, 2.45) is 0 Å². The minimum Gasteiger partial charge on any atom is -0.481 e. The molecule has 0 atom stereocenters. The first-order chi connectivity index (χ1) is 9.51. The fraction of sp³-hybridized carbons (Fsp3) is 0.357. The third-order valence-corrected chi connectivity index (χ3v) is 4.26. The Balaban J connectivity index is 2.31. The SMILES string of the molecule is COc1ccc(Cc2nc(=S)c(Br)c(C(C)C)[nH]2)cn1. The smallest absolute Gasteiger partial charge is 0.212 e. The summed E-state index contributed by atoms with van der Waals surface area (Å²) in [6.07, 6.45) is 2.45. The first-order valence-corrected chi connectivity index (χ1v) is 7.49. The highest BCUT2D eigenvalue weighted by atomic mass is 79.9. The van der Waals surface area contributed by atoms with Crippen molar-refractivity contribution in [3.05, 3.63) is 44.5 Å². The van der Waals surface area contributed by atoms with Crippen LogP contribution in [0.15, 0.2) is 22.8 Å². The molecule has 0 spiro atoms. The molecule has 0 saturated carbocycles. The lowest BCUT2D eigenvalue weighted by Gasteiger charge is -2.11. The van der Waals surface area contributed by atoms with Gasteiger partial charge in [-0.2, -0.15) is 0 Å². The lowest BCUT2D eigenvalue weighted by atomic mass is 10.1. The van der Waals surface area contributed by atoms with Crippen LogP contribution in [0.1, 0.15) is 36.8 Å². The van der Waals surface area contributed by atoms with Crippen LogP contribution in [0.4, 0.5) is 0 Å². The number of hydrogen-bond donors (Lipinski definition) is 1. The first-order valence-electron chi connectivity index (χ1n) is 6.28. The maximum Gasteiger partial charge on any atom is 0.212 e. The topological polar surface area (TPSA) is 50.8 Å². The number of methoxy groups -OCH3 is 1. The normalized spacial score (nSPS) is 10.8. The molecule has 2 aromatic heterocycles. The van der Waals surface area contributed by atoms with Crippen molar-refractivity contribution < 1.29 is 4.74 Å². The molecule has 1 N–H and O–H groups in total. The summed E-state index contributed by atoms with van der Waals surface area (Å²) in [7, 11) is 1.60. The van der Waals surface area contributed by atoms with E-state index in [1.165, 1.54) is 0 Å². The summed E-state index contributed by atoms with van der Waals surface area (Å²) < 4.78 is 6.51. The molecule has 0 radical (unpaired) electrons. The van der Waals surface area contributed by atoms with Crippen LogP contribution in [0.5, 0.6) is 5.88 Å². The summed E-state index contributed by atoms with van der Waals surface area (Å²) in [5.74, 6) is 1.80.